The van der Waals surface area contributed by atoms with E-state index < -0.39 is 0 Å². The van der Waals surface area contributed by atoms with Crippen molar-refractivity contribution in [3.8, 4) is 12.4 Å². The van der Waals surface area contributed by atoms with Crippen LogP contribution >= 0.6 is 0 Å². The summed E-state index contributed by atoms with van der Waals surface area (Å²) in [7, 11) is 0. The second-order valence-electron chi connectivity index (χ2n) is 4.00. The van der Waals surface area contributed by atoms with Gasteiger partial charge in [-0.1, -0.05) is 0 Å². The number of nitriles is 2. The Morgan fingerprint density at radius 1 is 1.44 bits per heavy atom. The molecule has 0 aromatic carbocycles. The van der Waals surface area contributed by atoms with Crippen molar-refractivity contribution in [2.24, 2.45) is 16.6 Å². The predicted octanol–water partition coefficient (Wildman–Crippen LogP) is -0.911. The zero-order valence-electron chi connectivity index (χ0n) is 9.98. The Labute approximate surface area is 106 Å². The Hall–Kier alpha value is -2.48. The van der Waals surface area contributed by atoms with Gasteiger partial charge >= 0.3 is 0 Å². The summed E-state index contributed by atoms with van der Waals surface area (Å²) in [6.07, 6.45) is 5.38. The van der Waals surface area contributed by atoms with Crippen molar-refractivity contribution in [3.63, 3.8) is 0 Å². The molecule has 5 N–H and O–H groups in total. The molecule has 1 aliphatic heterocycles. The van der Waals surface area contributed by atoms with Gasteiger partial charge in [0, 0.05) is 19.6 Å². The van der Waals surface area contributed by atoms with Crippen LogP contribution in [0.1, 0.15) is 12.8 Å². The molecule has 18 heavy (non-hydrogen) atoms. The minimum Gasteiger partial charge on any atom is -0.369 e. The van der Waals surface area contributed by atoms with E-state index in [0.717, 1.165) is 19.4 Å². The molecule has 1 unspecified atom stereocenters. The highest BCUT2D eigenvalue weighted by molar-refractivity contribution is 5.79. The summed E-state index contributed by atoms with van der Waals surface area (Å²) in [6.45, 7) is 1.94. The lowest BCUT2D eigenvalue weighted by atomic mass is 9.98. The van der Waals surface area contributed by atoms with E-state index in [0.29, 0.717) is 13.1 Å². The van der Waals surface area contributed by atoms with E-state index in [4.69, 9.17) is 21.7 Å². The average molecular weight is 248 g/mol. The quantitative estimate of drug-likeness (QED) is 0.216. The van der Waals surface area contributed by atoms with Gasteiger partial charge in [-0.15, -0.1) is 0 Å². The third kappa shape index (κ3) is 4.18. The smallest absolute Gasteiger partial charge is 0.204 e. The maximum atomic E-state index is 8.46. The summed E-state index contributed by atoms with van der Waals surface area (Å²) in [5.74, 6) is 0.507. The fraction of sp³-hybridized carbons (Fsp3) is 0.600. The Morgan fingerprint density at radius 3 is 2.83 bits per heavy atom. The van der Waals surface area contributed by atoms with E-state index in [1.165, 1.54) is 0 Å². The molecular formula is C10H16N8. The predicted molar refractivity (Wildman–Crippen MR) is 66.0 cm³/mol. The molecule has 0 spiro atoms. The first-order valence-electron chi connectivity index (χ1n) is 5.61. The largest absolute Gasteiger partial charge is 0.369 e. The molecule has 0 saturated carbocycles. The lowest BCUT2D eigenvalue weighted by molar-refractivity contribution is 0.258. The van der Waals surface area contributed by atoms with E-state index in [1.54, 1.807) is 17.3 Å². The van der Waals surface area contributed by atoms with E-state index >= 15 is 0 Å². The second kappa shape index (κ2) is 6.97. The Kier molecular flexibility index (Phi) is 5.26. The molecule has 0 amide bonds. The summed E-state index contributed by atoms with van der Waals surface area (Å²) < 4.78 is 0. The number of hydrogen-bond acceptors (Lipinski definition) is 4. The molecule has 0 aromatic rings. The fourth-order valence-electron chi connectivity index (χ4n) is 1.87. The molecule has 1 rings (SSSR count). The number of nitrogens with zero attached hydrogens (tertiary/aromatic N) is 4. The van der Waals surface area contributed by atoms with Gasteiger partial charge in [0.05, 0.1) is 0 Å². The summed E-state index contributed by atoms with van der Waals surface area (Å²) in [6, 6.07) is 0. The number of piperidine rings is 1. The number of guanidine groups is 2. The van der Waals surface area contributed by atoms with Gasteiger partial charge in [-0.25, -0.2) is 0 Å². The van der Waals surface area contributed by atoms with E-state index in [1.807, 2.05) is 0 Å². The molecule has 0 radical (unpaired) electrons. The van der Waals surface area contributed by atoms with Crippen molar-refractivity contribution >= 4 is 11.9 Å². The number of nitrogens with two attached hydrogens (primary N) is 1. The monoisotopic (exact) mass is 248 g/mol. The molecular weight excluding hydrogens is 232 g/mol. The maximum Gasteiger partial charge on any atom is 0.204 e. The van der Waals surface area contributed by atoms with Gasteiger partial charge in [-0.2, -0.15) is 10.5 Å². The third-order valence-electron chi connectivity index (χ3n) is 2.71. The van der Waals surface area contributed by atoms with Gasteiger partial charge in [-0.3, -0.25) is 21.0 Å². The van der Waals surface area contributed by atoms with Crippen LogP contribution in [-0.4, -0.2) is 36.5 Å². The molecule has 0 bridgehead atoms. The summed E-state index contributed by atoms with van der Waals surface area (Å²) in [4.78, 5) is 5.86. The van der Waals surface area contributed by atoms with Crippen molar-refractivity contribution in [2.45, 2.75) is 12.8 Å². The van der Waals surface area contributed by atoms with Crippen LogP contribution in [0.3, 0.4) is 0 Å². The van der Waals surface area contributed by atoms with E-state index in [9.17, 15) is 0 Å². The lowest BCUT2D eigenvalue weighted by Crippen LogP contribution is -2.45. The standard InChI is InChI=1S/C10H16N8/c11-6-16-9(13)15-4-8-2-1-3-18(5-8)10(14)17-7-12/h8H,1-5H2,(H2,14,17)(H3,13,15,16). The van der Waals surface area contributed by atoms with Crippen molar-refractivity contribution in [1.29, 1.82) is 15.9 Å². The van der Waals surface area contributed by atoms with Crippen molar-refractivity contribution in [2.75, 3.05) is 19.6 Å². The topological polar surface area (TPSA) is 137 Å². The summed E-state index contributed by atoms with van der Waals surface area (Å²) in [5.41, 5.74) is 5.45. The van der Waals surface area contributed by atoms with Crippen LogP contribution in [-0.2, 0) is 0 Å². The van der Waals surface area contributed by atoms with Crippen LogP contribution in [0.25, 0.3) is 0 Å². The van der Waals surface area contributed by atoms with Crippen LogP contribution in [0.5, 0.6) is 0 Å². The van der Waals surface area contributed by atoms with Crippen LogP contribution in [0.4, 0.5) is 0 Å². The lowest BCUT2D eigenvalue weighted by Gasteiger charge is -2.32. The molecule has 1 fully saturated rings. The van der Waals surface area contributed by atoms with E-state index in [-0.39, 0.29) is 17.8 Å². The van der Waals surface area contributed by atoms with Gasteiger partial charge in [0.1, 0.15) is 0 Å². The molecule has 8 nitrogen and oxygen atoms in total. The van der Waals surface area contributed by atoms with Crippen LogP contribution in [0.15, 0.2) is 4.99 Å². The fourth-order valence-corrected chi connectivity index (χ4v) is 1.87. The molecule has 8 heteroatoms. The van der Waals surface area contributed by atoms with Crippen molar-refractivity contribution < 1.29 is 0 Å². The number of rotatable bonds is 2. The zero-order valence-corrected chi connectivity index (χ0v) is 9.98. The van der Waals surface area contributed by atoms with E-state index in [2.05, 4.69) is 15.6 Å². The highest BCUT2D eigenvalue weighted by atomic mass is 15.3. The minimum atomic E-state index is 0.111. The number of hydrogen-bond donors (Lipinski definition) is 4. The first-order chi connectivity index (χ1) is 8.67. The van der Waals surface area contributed by atoms with Gasteiger partial charge in [0.15, 0.2) is 12.4 Å². The number of nitrogens with one attached hydrogen (secondary N) is 3. The Morgan fingerprint density at radius 2 is 2.17 bits per heavy atom. The van der Waals surface area contributed by atoms with Gasteiger partial charge < -0.3 is 10.6 Å². The molecule has 0 aliphatic carbocycles. The molecule has 1 heterocycles. The second-order valence-corrected chi connectivity index (χ2v) is 4.00. The molecule has 1 saturated heterocycles. The van der Waals surface area contributed by atoms with Crippen LogP contribution < -0.4 is 16.4 Å². The average Bonchev–Trinajstić information content (AvgIpc) is 2.37. The van der Waals surface area contributed by atoms with Crippen LogP contribution in [0, 0.1) is 34.2 Å². The minimum absolute atomic E-state index is 0.111. The van der Waals surface area contributed by atoms with Gasteiger partial charge in [0.2, 0.25) is 11.9 Å². The highest BCUT2D eigenvalue weighted by Crippen LogP contribution is 2.16. The summed E-state index contributed by atoms with van der Waals surface area (Å²) in [5, 5.41) is 29.0. The van der Waals surface area contributed by atoms with Crippen molar-refractivity contribution in [3.05, 3.63) is 0 Å². The van der Waals surface area contributed by atoms with Crippen LogP contribution in [0.2, 0.25) is 0 Å². The molecule has 96 valence electrons. The summed E-state index contributed by atoms with van der Waals surface area (Å²) >= 11 is 0. The first-order valence-corrected chi connectivity index (χ1v) is 5.61. The highest BCUT2D eigenvalue weighted by Gasteiger charge is 2.21. The van der Waals surface area contributed by atoms with Crippen molar-refractivity contribution in [1.82, 2.24) is 15.5 Å². The SMILES string of the molecule is N#CNC(=N)N1CCCC(CN=C(N)NC#N)C1. The molecule has 0 aromatic heterocycles. The Balaban J connectivity index is 2.45. The molecule has 1 atom stereocenters. The van der Waals surface area contributed by atoms with Gasteiger partial charge in [0.25, 0.3) is 0 Å². The molecule has 1 aliphatic rings. The van der Waals surface area contributed by atoms with Gasteiger partial charge in [-0.05, 0) is 18.8 Å². The zero-order chi connectivity index (χ0) is 13.4. The first kappa shape index (κ1) is 13.6. The number of aliphatic imine (C=N–C) groups is 1. The third-order valence-corrected chi connectivity index (χ3v) is 2.71. The number of likely N-dealkylation sites (tertiary alicyclic amines) is 1. The normalized spacial score (nSPS) is 19.6. The Bertz CT molecular complexity index is 401. The maximum absolute atomic E-state index is 8.46.